The fourth-order valence-electron chi connectivity index (χ4n) is 2.19. The van der Waals surface area contributed by atoms with E-state index in [-0.39, 0.29) is 5.75 Å². The summed E-state index contributed by atoms with van der Waals surface area (Å²) in [7, 11) is -3.30. The number of anilines is 1. The molecule has 0 radical (unpaired) electrons. The first-order chi connectivity index (χ1) is 12.4. The SMILES string of the molecule is CCS(=O)(=O)Nc1ccc(Oc2ccc(-n3cnc(C)c3C)nn2)cc1. The van der Waals surface area contributed by atoms with Crippen LogP contribution in [-0.4, -0.2) is 33.9 Å². The van der Waals surface area contributed by atoms with E-state index in [0.717, 1.165) is 11.4 Å². The van der Waals surface area contributed by atoms with Crippen LogP contribution in [0.3, 0.4) is 0 Å². The third kappa shape index (κ3) is 3.99. The Morgan fingerprint density at radius 2 is 1.81 bits per heavy atom. The second kappa shape index (κ2) is 7.12. The summed E-state index contributed by atoms with van der Waals surface area (Å²) in [4.78, 5) is 4.24. The van der Waals surface area contributed by atoms with E-state index in [1.807, 2.05) is 18.4 Å². The summed E-state index contributed by atoms with van der Waals surface area (Å²) in [5.74, 6) is 1.54. The number of hydrogen-bond acceptors (Lipinski definition) is 6. The summed E-state index contributed by atoms with van der Waals surface area (Å²) in [6.45, 7) is 5.47. The summed E-state index contributed by atoms with van der Waals surface area (Å²) < 4.78 is 33.1. The number of imidazole rings is 1. The molecule has 0 unspecified atom stereocenters. The summed E-state index contributed by atoms with van der Waals surface area (Å²) in [6.07, 6.45) is 1.70. The second-order valence-electron chi connectivity index (χ2n) is 5.65. The quantitative estimate of drug-likeness (QED) is 0.713. The van der Waals surface area contributed by atoms with Crippen molar-refractivity contribution in [1.29, 1.82) is 0 Å². The van der Waals surface area contributed by atoms with Crippen molar-refractivity contribution < 1.29 is 13.2 Å². The molecule has 0 saturated heterocycles. The maximum Gasteiger partial charge on any atom is 0.238 e. The molecule has 8 nitrogen and oxygen atoms in total. The number of hydrogen-bond donors (Lipinski definition) is 1. The highest BCUT2D eigenvalue weighted by atomic mass is 32.2. The van der Waals surface area contributed by atoms with E-state index in [1.54, 1.807) is 49.6 Å². The highest BCUT2D eigenvalue weighted by Crippen LogP contribution is 2.22. The van der Waals surface area contributed by atoms with Crippen LogP contribution in [0.25, 0.3) is 5.82 Å². The smallest absolute Gasteiger partial charge is 0.238 e. The van der Waals surface area contributed by atoms with Crippen molar-refractivity contribution in [2.24, 2.45) is 0 Å². The lowest BCUT2D eigenvalue weighted by Gasteiger charge is -2.08. The Labute approximate surface area is 151 Å². The second-order valence-corrected chi connectivity index (χ2v) is 7.66. The first-order valence-electron chi connectivity index (χ1n) is 8.01. The van der Waals surface area contributed by atoms with Crippen molar-refractivity contribution in [1.82, 2.24) is 19.7 Å². The Bertz CT molecular complexity index is 996. The molecule has 0 aliphatic rings. The van der Waals surface area contributed by atoms with Gasteiger partial charge in [-0.25, -0.2) is 13.4 Å². The van der Waals surface area contributed by atoms with E-state index in [0.29, 0.717) is 23.1 Å². The molecule has 1 aromatic carbocycles. The Morgan fingerprint density at radius 1 is 1.08 bits per heavy atom. The monoisotopic (exact) mass is 373 g/mol. The number of nitrogens with one attached hydrogen (secondary N) is 1. The molecule has 3 rings (SSSR count). The van der Waals surface area contributed by atoms with Gasteiger partial charge in [-0.2, -0.15) is 0 Å². The topological polar surface area (TPSA) is 99.0 Å². The molecule has 0 fully saturated rings. The first-order valence-corrected chi connectivity index (χ1v) is 9.66. The molecular formula is C17H19N5O3S. The van der Waals surface area contributed by atoms with Crippen LogP contribution in [0.15, 0.2) is 42.7 Å². The Kier molecular flexibility index (Phi) is 4.90. The predicted octanol–water partition coefficient (Wildman–Crippen LogP) is 2.83. The van der Waals surface area contributed by atoms with Gasteiger partial charge in [0, 0.05) is 17.4 Å². The molecule has 0 amide bonds. The van der Waals surface area contributed by atoms with Gasteiger partial charge in [0.15, 0.2) is 5.82 Å². The van der Waals surface area contributed by atoms with Crippen LogP contribution in [-0.2, 0) is 10.0 Å². The fraction of sp³-hybridized carbons (Fsp3) is 0.235. The summed E-state index contributed by atoms with van der Waals surface area (Å²) in [5.41, 5.74) is 2.41. The molecule has 0 spiro atoms. The van der Waals surface area contributed by atoms with E-state index in [1.165, 1.54) is 0 Å². The van der Waals surface area contributed by atoms with Crippen molar-refractivity contribution in [3.63, 3.8) is 0 Å². The first kappa shape index (κ1) is 17.9. The molecule has 0 aliphatic heterocycles. The lowest BCUT2D eigenvalue weighted by molar-refractivity contribution is 0.454. The normalized spacial score (nSPS) is 11.3. The molecule has 0 aliphatic carbocycles. The number of aryl methyl sites for hydroxylation is 1. The molecule has 9 heteroatoms. The molecule has 0 atom stereocenters. The predicted molar refractivity (Wildman–Crippen MR) is 98.2 cm³/mol. The van der Waals surface area contributed by atoms with Crippen LogP contribution in [0.5, 0.6) is 11.6 Å². The third-order valence-corrected chi connectivity index (χ3v) is 5.16. The van der Waals surface area contributed by atoms with E-state index in [2.05, 4.69) is 19.9 Å². The van der Waals surface area contributed by atoms with Crippen LogP contribution in [0.2, 0.25) is 0 Å². The number of ether oxygens (including phenoxy) is 1. The standard InChI is InChI=1S/C17H19N5O3S/c1-4-26(23,24)21-14-5-7-15(8-6-14)25-17-10-9-16(19-20-17)22-11-18-12(2)13(22)3/h5-11,21H,4H2,1-3H3. The van der Waals surface area contributed by atoms with Crippen molar-refractivity contribution in [2.75, 3.05) is 10.5 Å². The lowest BCUT2D eigenvalue weighted by Crippen LogP contribution is -2.14. The lowest BCUT2D eigenvalue weighted by atomic mass is 10.3. The fourth-order valence-corrected chi connectivity index (χ4v) is 2.83. The highest BCUT2D eigenvalue weighted by Gasteiger charge is 2.08. The summed E-state index contributed by atoms with van der Waals surface area (Å²) in [5, 5.41) is 8.22. The van der Waals surface area contributed by atoms with Gasteiger partial charge in [-0.1, -0.05) is 0 Å². The van der Waals surface area contributed by atoms with Crippen LogP contribution >= 0.6 is 0 Å². The van der Waals surface area contributed by atoms with Gasteiger partial charge in [0.25, 0.3) is 0 Å². The van der Waals surface area contributed by atoms with Gasteiger partial charge in [0.1, 0.15) is 12.1 Å². The van der Waals surface area contributed by atoms with E-state index < -0.39 is 10.0 Å². The van der Waals surface area contributed by atoms with Crippen molar-refractivity contribution in [3.05, 3.63) is 54.1 Å². The van der Waals surface area contributed by atoms with Gasteiger partial charge in [-0.05, 0) is 51.1 Å². The molecule has 0 saturated carbocycles. The van der Waals surface area contributed by atoms with Crippen LogP contribution in [0.1, 0.15) is 18.3 Å². The maximum absolute atomic E-state index is 11.6. The molecule has 1 N–H and O–H groups in total. The minimum atomic E-state index is -3.30. The minimum absolute atomic E-state index is 0.0170. The van der Waals surface area contributed by atoms with Crippen LogP contribution in [0, 0.1) is 13.8 Å². The molecule has 0 bridgehead atoms. The van der Waals surface area contributed by atoms with Crippen LogP contribution < -0.4 is 9.46 Å². The summed E-state index contributed by atoms with van der Waals surface area (Å²) in [6, 6.07) is 10.1. The molecule has 2 aromatic heterocycles. The number of nitrogens with zero attached hydrogens (tertiary/aromatic N) is 4. The zero-order valence-corrected chi connectivity index (χ0v) is 15.5. The molecule has 2 heterocycles. The van der Waals surface area contributed by atoms with Gasteiger partial charge in [0.2, 0.25) is 15.9 Å². The van der Waals surface area contributed by atoms with E-state index >= 15 is 0 Å². The van der Waals surface area contributed by atoms with Gasteiger partial charge < -0.3 is 4.74 Å². The van der Waals surface area contributed by atoms with Gasteiger partial charge in [0.05, 0.1) is 11.4 Å². The number of sulfonamides is 1. The Balaban J connectivity index is 1.70. The number of benzene rings is 1. The maximum atomic E-state index is 11.6. The average Bonchev–Trinajstić information content (AvgIpc) is 2.96. The minimum Gasteiger partial charge on any atom is -0.438 e. The molecule has 136 valence electrons. The Morgan fingerprint density at radius 3 is 2.35 bits per heavy atom. The van der Waals surface area contributed by atoms with Crippen molar-refractivity contribution >= 4 is 15.7 Å². The number of aromatic nitrogens is 4. The number of rotatable bonds is 6. The van der Waals surface area contributed by atoms with E-state index in [4.69, 9.17) is 4.74 Å². The highest BCUT2D eigenvalue weighted by molar-refractivity contribution is 7.92. The van der Waals surface area contributed by atoms with E-state index in [9.17, 15) is 8.42 Å². The van der Waals surface area contributed by atoms with Gasteiger partial charge in [-0.15, -0.1) is 10.2 Å². The van der Waals surface area contributed by atoms with Gasteiger partial charge in [-0.3, -0.25) is 9.29 Å². The molecule has 3 aromatic rings. The largest absolute Gasteiger partial charge is 0.438 e. The molecular weight excluding hydrogens is 354 g/mol. The van der Waals surface area contributed by atoms with Crippen molar-refractivity contribution in [3.8, 4) is 17.4 Å². The zero-order valence-electron chi connectivity index (χ0n) is 14.7. The Hall–Kier alpha value is -2.94. The van der Waals surface area contributed by atoms with Crippen LogP contribution in [0.4, 0.5) is 5.69 Å². The summed E-state index contributed by atoms with van der Waals surface area (Å²) >= 11 is 0. The molecule has 26 heavy (non-hydrogen) atoms. The van der Waals surface area contributed by atoms with Gasteiger partial charge >= 0.3 is 0 Å². The zero-order chi connectivity index (χ0) is 18.7. The van der Waals surface area contributed by atoms with Crippen molar-refractivity contribution in [2.45, 2.75) is 20.8 Å². The average molecular weight is 373 g/mol. The third-order valence-electron chi connectivity index (χ3n) is 3.85.